The molecule has 1 amide bonds. The van der Waals surface area contributed by atoms with Gasteiger partial charge in [-0.25, -0.2) is 4.98 Å². The molecule has 0 atom stereocenters. The van der Waals surface area contributed by atoms with Crippen LogP contribution in [0.5, 0.6) is 5.75 Å². The molecule has 1 saturated heterocycles. The molecule has 0 aliphatic carbocycles. The molecule has 1 N–H and O–H groups in total. The Morgan fingerprint density at radius 1 is 1.26 bits per heavy atom. The number of nitrogens with zero attached hydrogens (tertiary/aromatic N) is 2. The molecule has 1 aliphatic heterocycles. The molecule has 5 heteroatoms. The Bertz CT molecular complexity index is 864. The van der Waals surface area contributed by atoms with Gasteiger partial charge in [0.1, 0.15) is 11.4 Å². The number of carbonyl (C=O) groups excluding carboxylic acids is 1. The molecular weight excluding hydrogens is 290 g/mol. The number of likely N-dealkylation sites (tertiary alicyclic amines) is 1. The van der Waals surface area contributed by atoms with E-state index in [9.17, 15) is 4.79 Å². The normalized spacial score (nSPS) is 13.9. The van der Waals surface area contributed by atoms with Crippen LogP contribution < -0.4 is 4.74 Å². The molecule has 0 spiro atoms. The molecule has 5 nitrogen and oxygen atoms in total. The van der Waals surface area contributed by atoms with Gasteiger partial charge < -0.3 is 14.6 Å². The highest BCUT2D eigenvalue weighted by Gasteiger charge is 2.22. The molecule has 0 unspecified atom stereocenters. The van der Waals surface area contributed by atoms with Gasteiger partial charge in [-0.3, -0.25) is 4.79 Å². The Hall–Kier alpha value is -2.82. The van der Waals surface area contributed by atoms with E-state index in [4.69, 9.17) is 4.74 Å². The molecule has 3 heterocycles. The van der Waals surface area contributed by atoms with Gasteiger partial charge in [-0.2, -0.15) is 0 Å². The van der Waals surface area contributed by atoms with Gasteiger partial charge in [0.2, 0.25) is 0 Å². The average Bonchev–Trinajstić information content (AvgIpc) is 2.96. The van der Waals surface area contributed by atoms with Crippen molar-refractivity contribution in [2.24, 2.45) is 0 Å². The van der Waals surface area contributed by atoms with Gasteiger partial charge in [0.25, 0.3) is 5.91 Å². The average molecular weight is 307 g/mol. The van der Waals surface area contributed by atoms with Crippen molar-refractivity contribution in [3.05, 3.63) is 48.3 Å². The molecule has 0 radical (unpaired) electrons. The lowest BCUT2D eigenvalue weighted by Crippen LogP contribution is -2.42. The molecular formula is C18H17N3O2. The van der Waals surface area contributed by atoms with Crippen molar-refractivity contribution in [3.8, 4) is 16.9 Å². The van der Waals surface area contributed by atoms with Gasteiger partial charge >= 0.3 is 0 Å². The predicted molar refractivity (Wildman–Crippen MR) is 88.6 cm³/mol. The van der Waals surface area contributed by atoms with Gasteiger partial charge in [0.05, 0.1) is 12.7 Å². The van der Waals surface area contributed by atoms with Crippen LogP contribution >= 0.6 is 0 Å². The van der Waals surface area contributed by atoms with Gasteiger partial charge in [0.15, 0.2) is 0 Å². The minimum Gasteiger partial charge on any atom is -0.497 e. The number of pyridine rings is 1. The number of nitrogens with one attached hydrogen (secondary N) is 1. The zero-order valence-corrected chi connectivity index (χ0v) is 12.9. The van der Waals surface area contributed by atoms with E-state index in [1.807, 2.05) is 41.4 Å². The van der Waals surface area contributed by atoms with E-state index in [-0.39, 0.29) is 5.91 Å². The fraction of sp³-hybridized carbons (Fsp3) is 0.222. The summed E-state index contributed by atoms with van der Waals surface area (Å²) in [5, 5.41) is 0.960. The topological polar surface area (TPSA) is 58.2 Å². The summed E-state index contributed by atoms with van der Waals surface area (Å²) in [5.74, 6) is 0.882. The van der Waals surface area contributed by atoms with E-state index in [1.165, 1.54) is 0 Å². The van der Waals surface area contributed by atoms with E-state index in [0.717, 1.165) is 47.4 Å². The van der Waals surface area contributed by atoms with Crippen molar-refractivity contribution in [1.29, 1.82) is 0 Å². The highest BCUT2D eigenvalue weighted by atomic mass is 16.5. The van der Waals surface area contributed by atoms with Crippen molar-refractivity contribution in [2.45, 2.75) is 6.42 Å². The summed E-state index contributed by atoms with van der Waals surface area (Å²) >= 11 is 0. The largest absolute Gasteiger partial charge is 0.497 e. The first-order chi connectivity index (χ1) is 11.3. The highest BCUT2D eigenvalue weighted by molar-refractivity contribution is 6.01. The van der Waals surface area contributed by atoms with Crippen LogP contribution in [-0.2, 0) is 0 Å². The number of amides is 1. The monoisotopic (exact) mass is 307 g/mol. The quantitative estimate of drug-likeness (QED) is 0.809. The minimum atomic E-state index is 0.0625. The fourth-order valence-electron chi connectivity index (χ4n) is 2.83. The summed E-state index contributed by atoms with van der Waals surface area (Å²) in [5.41, 5.74) is 3.53. The lowest BCUT2D eigenvalue weighted by atomic mass is 10.0. The number of benzene rings is 1. The smallest absolute Gasteiger partial charge is 0.255 e. The fourth-order valence-corrected chi connectivity index (χ4v) is 2.83. The number of fused-ring (bicyclic) bond motifs is 1. The molecule has 2 aromatic heterocycles. The van der Waals surface area contributed by atoms with Crippen molar-refractivity contribution in [3.63, 3.8) is 0 Å². The lowest BCUT2D eigenvalue weighted by molar-refractivity contribution is 0.0651. The van der Waals surface area contributed by atoms with Crippen molar-refractivity contribution >= 4 is 16.9 Å². The first-order valence-electron chi connectivity index (χ1n) is 7.67. The SMILES string of the molecule is COc1ccc(-c2c[nH]c3ncc(C(=O)N4CCC4)cc23)cc1. The number of carbonyl (C=O) groups is 1. The second-order valence-corrected chi connectivity index (χ2v) is 5.70. The molecule has 1 fully saturated rings. The molecule has 1 aliphatic rings. The molecule has 0 saturated carbocycles. The molecule has 4 rings (SSSR count). The van der Waals surface area contributed by atoms with E-state index < -0.39 is 0 Å². The summed E-state index contributed by atoms with van der Waals surface area (Å²) in [6.07, 6.45) is 4.66. The second-order valence-electron chi connectivity index (χ2n) is 5.70. The first-order valence-corrected chi connectivity index (χ1v) is 7.67. The number of H-pyrrole nitrogens is 1. The van der Waals surface area contributed by atoms with Crippen LogP contribution in [0.3, 0.4) is 0 Å². The Morgan fingerprint density at radius 2 is 2.04 bits per heavy atom. The summed E-state index contributed by atoms with van der Waals surface area (Å²) < 4.78 is 5.20. The number of aromatic nitrogens is 2. The number of hydrogen-bond acceptors (Lipinski definition) is 3. The molecule has 116 valence electrons. The Balaban J connectivity index is 1.75. The number of rotatable bonds is 3. The Kier molecular flexibility index (Phi) is 3.26. The molecule has 1 aromatic carbocycles. The van der Waals surface area contributed by atoms with Crippen molar-refractivity contribution < 1.29 is 9.53 Å². The van der Waals surface area contributed by atoms with Gasteiger partial charge in [-0.1, -0.05) is 12.1 Å². The third-order valence-corrected chi connectivity index (χ3v) is 4.32. The highest BCUT2D eigenvalue weighted by Crippen LogP contribution is 2.30. The zero-order valence-electron chi connectivity index (χ0n) is 12.9. The van der Waals surface area contributed by atoms with Crippen LogP contribution in [0.4, 0.5) is 0 Å². The third kappa shape index (κ3) is 2.34. The zero-order chi connectivity index (χ0) is 15.8. The van der Waals surface area contributed by atoms with Gasteiger partial charge in [-0.15, -0.1) is 0 Å². The van der Waals surface area contributed by atoms with Crippen molar-refractivity contribution in [1.82, 2.24) is 14.9 Å². The van der Waals surface area contributed by atoms with E-state index in [0.29, 0.717) is 5.56 Å². The number of aromatic amines is 1. The van der Waals surface area contributed by atoms with E-state index in [2.05, 4.69) is 9.97 Å². The predicted octanol–water partition coefficient (Wildman–Crippen LogP) is 3.08. The Morgan fingerprint density at radius 3 is 2.70 bits per heavy atom. The van der Waals surface area contributed by atoms with Crippen LogP contribution in [0, 0.1) is 0 Å². The number of ether oxygens (including phenoxy) is 1. The van der Waals surface area contributed by atoms with Gasteiger partial charge in [-0.05, 0) is 30.2 Å². The standard InChI is InChI=1S/C18H17N3O2/c1-23-14-5-3-12(4-6-14)16-11-20-17-15(16)9-13(10-19-17)18(22)21-7-2-8-21/h3-6,9-11H,2,7-8H2,1H3,(H,19,20). The maximum Gasteiger partial charge on any atom is 0.255 e. The van der Waals surface area contributed by atoms with E-state index >= 15 is 0 Å². The van der Waals surface area contributed by atoms with Crippen LogP contribution in [0.25, 0.3) is 22.2 Å². The molecule has 23 heavy (non-hydrogen) atoms. The third-order valence-electron chi connectivity index (χ3n) is 4.32. The molecule has 3 aromatic rings. The summed E-state index contributed by atoms with van der Waals surface area (Å²) in [6, 6.07) is 9.79. The molecule has 0 bridgehead atoms. The first kappa shape index (κ1) is 13.8. The van der Waals surface area contributed by atoms with Crippen LogP contribution in [0.1, 0.15) is 16.8 Å². The van der Waals surface area contributed by atoms with Crippen molar-refractivity contribution in [2.75, 3.05) is 20.2 Å². The summed E-state index contributed by atoms with van der Waals surface area (Å²) in [6.45, 7) is 1.69. The minimum absolute atomic E-state index is 0.0625. The Labute approximate surface area is 133 Å². The van der Waals surface area contributed by atoms with E-state index in [1.54, 1.807) is 13.3 Å². The lowest BCUT2D eigenvalue weighted by Gasteiger charge is -2.30. The van der Waals surface area contributed by atoms with Crippen LogP contribution in [0.15, 0.2) is 42.7 Å². The summed E-state index contributed by atoms with van der Waals surface area (Å²) in [7, 11) is 1.65. The number of methoxy groups -OCH3 is 1. The second kappa shape index (κ2) is 5.43. The van der Waals surface area contributed by atoms with Crippen LogP contribution in [0.2, 0.25) is 0 Å². The van der Waals surface area contributed by atoms with Crippen LogP contribution in [-0.4, -0.2) is 41.0 Å². The van der Waals surface area contributed by atoms with Gasteiger partial charge in [0, 0.05) is 36.4 Å². The number of hydrogen-bond donors (Lipinski definition) is 1. The maximum absolute atomic E-state index is 12.4. The maximum atomic E-state index is 12.4. The summed E-state index contributed by atoms with van der Waals surface area (Å²) in [4.78, 5) is 21.8.